The molecule has 3 amide bonds. The summed E-state index contributed by atoms with van der Waals surface area (Å²) in [6.45, 7) is 3.79. The highest BCUT2D eigenvalue weighted by Crippen LogP contribution is 2.53. The Morgan fingerprint density at radius 3 is 2.38 bits per heavy atom. The molecule has 2 saturated heterocycles. The highest BCUT2D eigenvalue weighted by atomic mass is 35.5. The van der Waals surface area contributed by atoms with Crippen LogP contribution in [-0.4, -0.2) is 33.6 Å². The third kappa shape index (κ3) is 3.88. The molecule has 9 nitrogen and oxygen atoms in total. The molecule has 0 aromatic heterocycles. The lowest BCUT2D eigenvalue weighted by molar-refractivity contribution is -0.384. The Bertz CT molecular complexity index is 1600. The van der Waals surface area contributed by atoms with Crippen LogP contribution in [0.5, 0.6) is 0 Å². The van der Waals surface area contributed by atoms with Crippen LogP contribution in [0.25, 0.3) is 6.08 Å². The summed E-state index contributed by atoms with van der Waals surface area (Å²) in [4.78, 5) is 55.5. The highest BCUT2D eigenvalue weighted by molar-refractivity contribution is 6.32. The van der Waals surface area contributed by atoms with Crippen molar-refractivity contribution in [3.05, 3.63) is 104 Å². The predicted molar refractivity (Wildman–Crippen MR) is 146 cm³/mol. The molecule has 0 aliphatic carbocycles. The fraction of sp³-hybridized carbons (Fsp3) is 0.207. The summed E-state index contributed by atoms with van der Waals surface area (Å²) < 4.78 is 0. The Morgan fingerprint density at radius 2 is 1.67 bits per heavy atom. The van der Waals surface area contributed by atoms with Crippen LogP contribution in [0.3, 0.4) is 0 Å². The van der Waals surface area contributed by atoms with Crippen LogP contribution in [-0.2, 0) is 14.4 Å². The molecule has 0 spiro atoms. The van der Waals surface area contributed by atoms with Crippen LogP contribution in [0.4, 0.5) is 17.1 Å². The second kappa shape index (κ2) is 9.06. The number of imide groups is 1. The fourth-order valence-electron chi connectivity index (χ4n) is 6.14. The van der Waals surface area contributed by atoms with Gasteiger partial charge >= 0.3 is 0 Å². The molecule has 3 heterocycles. The smallest absolute Gasteiger partial charge is 0.289 e. The number of fused-ring (bicyclic) bond motifs is 5. The molecule has 39 heavy (non-hydrogen) atoms. The second-order valence-electron chi connectivity index (χ2n) is 10.1. The first kappa shape index (κ1) is 24.8. The monoisotopic (exact) mass is 542 g/mol. The number of hydrogen-bond donors (Lipinski definition) is 1. The van der Waals surface area contributed by atoms with E-state index in [1.54, 1.807) is 23.2 Å². The van der Waals surface area contributed by atoms with E-state index in [4.69, 9.17) is 11.6 Å². The van der Waals surface area contributed by atoms with Gasteiger partial charge < -0.3 is 10.2 Å². The SMILES string of the molecule is Cc1cc(C)cc(N2C(=O)[C@@H]3[C@H](C2=O)[C@@H]2c4ccccc4C=CN2[C@@H]3C(=O)Nc2ccc(Cl)c([N+](=O)[O-])c2)c1. The highest BCUT2D eigenvalue weighted by Gasteiger charge is 2.64. The lowest BCUT2D eigenvalue weighted by Crippen LogP contribution is -2.46. The molecular formula is C29H23ClN4O5. The van der Waals surface area contributed by atoms with Crippen molar-refractivity contribution in [1.82, 2.24) is 4.90 Å². The number of halogens is 1. The number of amides is 3. The number of nitro groups is 1. The Kier molecular flexibility index (Phi) is 5.76. The average molecular weight is 543 g/mol. The minimum absolute atomic E-state index is 0.0600. The van der Waals surface area contributed by atoms with Crippen molar-refractivity contribution in [3.8, 4) is 0 Å². The zero-order valence-corrected chi connectivity index (χ0v) is 21.8. The van der Waals surface area contributed by atoms with Crippen LogP contribution in [0.1, 0.15) is 28.3 Å². The Hall–Kier alpha value is -4.50. The van der Waals surface area contributed by atoms with Gasteiger partial charge in [-0.25, -0.2) is 4.90 Å². The first-order chi connectivity index (χ1) is 18.7. The zero-order valence-electron chi connectivity index (χ0n) is 21.0. The minimum atomic E-state index is -1.02. The van der Waals surface area contributed by atoms with Crippen LogP contribution < -0.4 is 10.2 Å². The third-order valence-corrected chi connectivity index (χ3v) is 7.92. The molecule has 2 fully saturated rings. The summed E-state index contributed by atoms with van der Waals surface area (Å²) >= 11 is 5.94. The van der Waals surface area contributed by atoms with Gasteiger partial charge in [-0.1, -0.05) is 41.9 Å². The molecule has 3 aliphatic rings. The van der Waals surface area contributed by atoms with E-state index in [0.717, 1.165) is 22.3 Å². The lowest BCUT2D eigenvalue weighted by atomic mass is 9.84. The van der Waals surface area contributed by atoms with Crippen LogP contribution in [0, 0.1) is 35.8 Å². The molecule has 196 valence electrons. The van der Waals surface area contributed by atoms with Crippen LogP contribution >= 0.6 is 11.6 Å². The maximum atomic E-state index is 14.0. The summed E-state index contributed by atoms with van der Waals surface area (Å²) in [6.07, 6.45) is 3.61. The summed E-state index contributed by atoms with van der Waals surface area (Å²) in [7, 11) is 0. The molecule has 1 N–H and O–H groups in total. The number of nitrogens with zero attached hydrogens (tertiary/aromatic N) is 3. The van der Waals surface area contributed by atoms with E-state index in [1.165, 1.54) is 23.1 Å². The van der Waals surface area contributed by atoms with E-state index in [-0.39, 0.29) is 22.3 Å². The van der Waals surface area contributed by atoms with Crippen LogP contribution in [0.2, 0.25) is 5.02 Å². The fourth-order valence-corrected chi connectivity index (χ4v) is 6.32. The first-order valence-electron chi connectivity index (χ1n) is 12.4. The number of hydrogen-bond acceptors (Lipinski definition) is 6. The molecule has 3 aromatic carbocycles. The van der Waals surface area contributed by atoms with Crippen LogP contribution in [0.15, 0.2) is 66.9 Å². The van der Waals surface area contributed by atoms with E-state index in [1.807, 2.05) is 50.3 Å². The van der Waals surface area contributed by atoms with Gasteiger partial charge in [-0.3, -0.25) is 24.5 Å². The maximum Gasteiger partial charge on any atom is 0.289 e. The molecule has 0 unspecified atom stereocenters. The molecule has 10 heteroatoms. The molecule has 3 aliphatic heterocycles. The lowest BCUT2D eigenvalue weighted by Gasteiger charge is -2.35. The number of nitrogens with one attached hydrogen (secondary N) is 1. The van der Waals surface area contributed by atoms with Gasteiger partial charge in [0.1, 0.15) is 11.1 Å². The number of carbonyl (C=O) groups is 3. The first-order valence-corrected chi connectivity index (χ1v) is 12.8. The number of carbonyl (C=O) groups excluding carboxylic acids is 3. The van der Waals surface area contributed by atoms with Gasteiger partial charge in [0, 0.05) is 18.0 Å². The molecule has 4 atom stereocenters. The number of benzene rings is 3. The quantitative estimate of drug-likeness (QED) is 0.281. The number of anilines is 2. The largest absolute Gasteiger partial charge is 0.357 e. The third-order valence-electron chi connectivity index (χ3n) is 7.61. The van der Waals surface area contributed by atoms with Gasteiger partial charge in [-0.05, 0) is 66.4 Å². The predicted octanol–water partition coefficient (Wildman–Crippen LogP) is 5.02. The second-order valence-corrected chi connectivity index (χ2v) is 10.5. The average Bonchev–Trinajstić information content (AvgIpc) is 3.37. The van der Waals surface area contributed by atoms with Crippen molar-refractivity contribution < 1.29 is 19.3 Å². The van der Waals surface area contributed by atoms with Crippen molar-refractivity contribution in [2.45, 2.75) is 25.9 Å². The Morgan fingerprint density at radius 1 is 0.974 bits per heavy atom. The van der Waals surface area contributed by atoms with Crippen molar-refractivity contribution in [2.24, 2.45) is 11.8 Å². The molecular weight excluding hydrogens is 520 g/mol. The topological polar surface area (TPSA) is 113 Å². The standard InChI is InChI=1S/C29H23ClN4O5/c1-15-11-16(2)13-19(12-15)33-28(36)23-24(29(33)37)26(32-10-9-17-5-3-4-6-20(17)25(23)32)27(35)31-18-7-8-21(30)22(14-18)34(38)39/h3-14,23-26H,1-2H3,(H,31,35)/t23-,24+,25-,26-/m0/s1. The van der Waals surface area contributed by atoms with E-state index >= 15 is 0 Å². The van der Waals surface area contributed by atoms with E-state index in [2.05, 4.69) is 5.32 Å². The maximum absolute atomic E-state index is 14.0. The summed E-state index contributed by atoms with van der Waals surface area (Å²) in [6, 6.07) is 15.6. The number of nitro benzene ring substituents is 1. The molecule has 0 bridgehead atoms. The Balaban J connectivity index is 1.43. The summed E-state index contributed by atoms with van der Waals surface area (Å²) in [5.74, 6) is -3.09. The number of rotatable bonds is 4. The summed E-state index contributed by atoms with van der Waals surface area (Å²) in [5.41, 5.74) is 3.89. The van der Waals surface area contributed by atoms with Gasteiger partial charge in [0.25, 0.3) is 5.69 Å². The van der Waals surface area contributed by atoms with E-state index in [0.29, 0.717) is 5.69 Å². The molecule has 0 saturated carbocycles. The molecule has 3 aromatic rings. The van der Waals surface area contributed by atoms with Gasteiger partial charge in [-0.15, -0.1) is 0 Å². The van der Waals surface area contributed by atoms with Gasteiger partial charge in [0.2, 0.25) is 17.7 Å². The molecule has 0 radical (unpaired) electrons. The van der Waals surface area contributed by atoms with Crippen molar-refractivity contribution in [1.29, 1.82) is 0 Å². The van der Waals surface area contributed by atoms with Crippen molar-refractivity contribution in [2.75, 3.05) is 10.2 Å². The van der Waals surface area contributed by atoms with Crippen molar-refractivity contribution >= 4 is 52.5 Å². The Labute approximate surface area is 228 Å². The normalized spacial score (nSPS) is 22.9. The van der Waals surface area contributed by atoms with E-state index < -0.39 is 40.7 Å². The molecule has 6 rings (SSSR count). The van der Waals surface area contributed by atoms with Gasteiger partial charge in [0.15, 0.2) is 0 Å². The van der Waals surface area contributed by atoms with Gasteiger partial charge in [0.05, 0.1) is 28.5 Å². The minimum Gasteiger partial charge on any atom is -0.357 e. The van der Waals surface area contributed by atoms with Crippen molar-refractivity contribution in [3.63, 3.8) is 0 Å². The number of aryl methyl sites for hydroxylation is 2. The van der Waals surface area contributed by atoms with E-state index in [9.17, 15) is 24.5 Å². The van der Waals surface area contributed by atoms with Gasteiger partial charge in [-0.2, -0.15) is 0 Å². The zero-order chi connectivity index (χ0) is 27.6. The summed E-state index contributed by atoms with van der Waals surface area (Å²) in [5, 5.41) is 14.0.